The first-order valence-corrected chi connectivity index (χ1v) is 5.70. The van der Waals surface area contributed by atoms with E-state index in [9.17, 15) is 13.9 Å². The van der Waals surface area contributed by atoms with Crippen molar-refractivity contribution in [1.82, 2.24) is 5.32 Å². The summed E-state index contributed by atoms with van der Waals surface area (Å²) in [5, 5.41) is 13.0. The van der Waals surface area contributed by atoms with Gasteiger partial charge in [0, 0.05) is 13.1 Å². The minimum atomic E-state index is -0.847. The molecule has 0 bridgehead atoms. The average Bonchev–Trinajstić information content (AvgIpc) is 2.23. The molecule has 0 saturated heterocycles. The van der Waals surface area contributed by atoms with E-state index in [1.807, 2.05) is 13.8 Å². The molecule has 1 rings (SSSR count). The molecule has 0 aliphatic rings. The Bertz CT molecular complexity index is 378. The molecule has 0 heterocycles. The van der Waals surface area contributed by atoms with Crippen LogP contribution in [0.15, 0.2) is 18.2 Å². The van der Waals surface area contributed by atoms with Crippen molar-refractivity contribution in [3.8, 4) is 0 Å². The Morgan fingerprint density at radius 2 is 1.94 bits per heavy atom. The number of hydrogen-bond donors (Lipinski definition) is 2. The quantitative estimate of drug-likeness (QED) is 0.832. The van der Waals surface area contributed by atoms with E-state index in [1.165, 1.54) is 6.07 Å². The van der Waals surface area contributed by atoms with Gasteiger partial charge in [0.1, 0.15) is 0 Å². The highest BCUT2D eigenvalue weighted by Gasteiger charge is 2.23. The van der Waals surface area contributed by atoms with Crippen LogP contribution in [0.1, 0.15) is 26.3 Å². The first kappa shape index (κ1) is 14.1. The zero-order valence-electron chi connectivity index (χ0n) is 10.4. The number of aliphatic hydroxyl groups is 1. The van der Waals surface area contributed by atoms with Crippen LogP contribution in [0.5, 0.6) is 0 Å². The Kier molecular flexibility index (Phi) is 4.60. The lowest BCUT2D eigenvalue weighted by Crippen LogP contribution is -2.41. The molecule has 0 aromatic heterocycles. The summed E-state index contributed by atoms with van der Waals surface area (Å²) < 4.78 is 25.6. The van der Waals surface area contributed by atoms with Crippen LogP contribution in [-0.2, 0) is 6.54 Å². The molecule has 0 saturated carbocycles. The monoisotopic (exact) mass is 243 g/mol. The maximum absolute atomic E-state index is 12.9. The van der Waals surface area contributed by atoms with Crippen molar-refractivity contribution < 1.29 is 13.9 Å². The van der Waals surface area contributed by atoms with E-state index >= 15 is 0 Å². The lowest BCUT2D eigenvalue weighted by molar-refractivity contribution is 0.0140. The normalized spacial score (nSPS) is 15.0. The molecule has 96 valence electrons. The fraction of sp³-hybridized carbons (Fsp3) is 0.538. The second-order valence-corrected chi connectivity index (χ2v) is 4.86. The van der Waals surface area contributed by atoms with E-state index in [0.717, 1.165) is 12.1 Å². The van der Waals surface area contributed by atoms with Crippen LogP contribution in [0.25, 0.3) is 0 Å². The van der Waals surface area contributed by atoms with Crippen LogP contribution in [-0.4, -0.2) is 17.3 Å². The molecule has 1 atom stereocenters. The third-order valence-corrected chi connectivity index (χ3v) is 3.04. The van der Waals surface area contributed by atoms with Crippen LogP contribution in [0.3, 0.4) is 0 Å². The van der Waals surface area contributed by atoms with Gasteiger partial charge in [-0.25, -0.2) is 8.78 Å². The Morgan fingerprint density at radius 3 is 2.47 bits per heavy atom. The molecule has 0 aliphatic heterocycles. The number of rotatable bonds is 5. The molecule has 0 radical (unpaired) electrons. The van der Waals surface area contributed by atoms with Gasteiger partial charge in [0.25, 0.3) is 0 Å². The van der Waals surface area contributed by atoms with Crippen LogP contribution in [0.4, 0.5) is 8.78 Å². The summed E-state index contributed by atoms with van der Waals surface area (Å²) in [7, 11) is 0. The largest absolute Gasteiger partial charge is 0.389 e. The average molecular weight is 243 g/mol. The van der Waals surface area contributed by atoms with Crippen LogP contribution in [0, 0.1) is 17.6 Å². The molecule has 0 aliphatic carbocycles. The van der Waals surface area contributed by atoms with Crippen molar-refractivity contribution in [2.75, 3.05) is 6.54 Å². The fourth-order valence-electron chi connectivity index (χ4n) is 1.31. The Morgan fingerprint density at radius 1 is 1.29 bits per heavy atom. The smallest absolute Gasteiger partial charge is 0.159 e. The van der Waals surface area contributed by atoms with E-state index in [-0.39, 0.29) is 5.92 Å². The van der Waals surface area contributed by atoms with Gasteiger partial charge >= 0.3 is 0 Å². The molecule has 1 unspecified atom stereocenters. The van der Waals surface area contributed by atoms with Crippen molar-refractivity contribution in [2.45, 2.75) is 32.9 Å². The van der Waals surface area contributed by atoms with Gasteiger partial charge in [-0.1, -0.05) is 19.9 Å². The summed E-state index contributed by atoms with van der Waals surface area (Å²) in [5.41, 5.74) is -0.151. The number of nitrogens with one attached hydrogen (secondary N) is 1. The molecule has 4 heteroatoms. The molecular weight excluding hydrogens is 224 g/mol. The SMILES string of the molecule is CC(C)C(C)(O)CNCc1ccc(F)c(F)c1. The van der Waals surface area contributed by atoms with Gasteiger partial charge in [-0.3, -0.25) is 0 Å². The third kappa shape index (κ3) is 4.06. The van der Waals surface area contributed by atoms with Gasteiger partial charge < -0.3 is 10.4 Å². The van der Waals surface area contributed by atoms with Gasteiger partial charge in [0.2, 0.25) is 0 Å². The molecule has 1 aromatic rings. The lowest BCUT2D eigenvalue weighted by atomic mass is 9.92. The summed E-state index contributed by atoms with van der Waals surface area (Å²) in [6.07, 6.45) is 0. The van der Waals surface area contributed by atoms with Crippen molar-refractivity contribution in [2.24, 2.45) is 5.92 Å². The van der Waals surface area contributed by atoms with Crippen molar-refractivity contribution >= 4 is 0 Å². The minimum Gasteiger partial charge on any atom is -0.389 e. The highest BCUT2D eigenvalue weighted by atomic mass is 19.2. The fourth-order valence-corrected chi connectivity index (χ4v) is 1.31. The second kappa shape index (κ2) is 5.56. The van der Waals surface area contributed by atoms with Crippen molar-refractivity contribution in [3.63, 3.8) is 0 Å². The van der Waals surface area contributed by atoms with Gasteiger partial charge in [-0.15, -0.1) is 0 Å². The molecule has 1 aromatic carbocycles. The highest BCUT2D eigenvalue weighted by molar-refractivity contribution is 5.17. The van der Waals surface area contributed by atoms with Crippen LogP contribution < -0.4 is 5.32 Å². The minimum absolute atomic E-state index is 0.125. The summed E-state index contributed by atoms with van der Waals surface area (Å²) in [4.78, 5) is 0. The van der Waals surface area contributed by atoms with E-state index in [1.54, 1.807) is 6.92 Å². The van der Waals surface area contributed by atoms with E-state index in [4.69, 9.17) is 0 Å². The number of halogens is 2. The Balaban J connectivity index is 2.49. The maximum Gasteiger partial charge on any atom is 0.159 e. The van der Waals surface area contributed by atoms with E-state index in [2.05, 4.69) is 5.32 Å². The highest BCUT2D eigenvalue weighted by Crippen LogP contribution is 2.15. The molecule has 17 heavy (non-hydrogen) atoms. The third-order valence-electron chi connectivity index (χ3n) is 3.04. The van der Waals surface area contributed by atoms with Crippen LogP contribution in [0.2, 0.25) is 0 Å². The van der Waals surface area contributed by atoms with Crippen LogP contribution >= 0.6 is 0 Å². The standard InChI is InChI=1S/C13H19F2NO/c1-9(2)13(3,17)8-16-7-10-4-5-11(14)12(15)6-10/h4-6,9,16-17H,7-8H2,1-3H3. The summed E-state index contributed by atoms with van der Waals surface area (Å²) in [6.45, 7) is 6.41. The van der Waals surface area contributed by atoms with Crippen molar-refractivity contribution in [1.29, 1.82) is 0 Å². The maximum atomic E-state index is 12.9. The van der Waals surface area contributed by atoms with Gasteiger partial charge in [-0.2, -0.15) is 0 Å². The second-order valence-electron chi connectivity index (χ2n) is 4.86. The lowest BCUT2D eigenvalue weighted by Gasteiger charge is -2.28. The molecular formula is C13H19F2NO. The topological polar surface area (TPSA) is 32.3 Å². The molecule has 0 spiro atoms. The zero-order chi connectivity index (χ0) is 13.1. The summed E-state index contributed by atoms with van der Waals surface area (Å²) >= 11 is 0. The molecule has 0 fully saturated rings. The van der Waals surface area contributed by atoms with Crippen molar-refractivity contribution in [3.05, 3.63) is 35.4 Å². The zero-order valence-corrected chi connectivity index (χ0v) is 10.4. The Hall–Kier alpha value is -1.00. The number of benzene rings is 1. The number of hydrogen-bond acceptors (Lipinski definition) is 2. The first-order valence-electron chi connectivity index (χ1n) is 5.70. The Labute approximate surface area is 101 Å². The molecule has 2 nitrogen and oxygen atoms in total. The first-order chi connectivity index (χ1) is 7.83. The summed E-state index contributed by atoms with van der Waals surface area (Å²) in [6, 6.07) is 3.79. The summed E-state index contributed by atoms with van der Waals surface area (Å²) in [5.74, 6) is -1.57. The van der Waals surface area contributed by atoms with E-state index < -0.39 is 17.2 Å². The van der Waals surface area contributed by atoms with E-state index in [0.29, 0.717) is 18.7 Å². The van der Waals surface area contributed by atoms with Gasteiger partial charge in [0.05, 0.1) is 5.60 Å². The predicted octanol–water partition coefficient (Wildman–Crippen LogP) is 2.46. The molecule has 2 N–H and O–H groups in total. The van der Waals surface area contributed by atoms with Gasteiger partial charge in [-0.05, 0) is 30.5 Å². The predicted molar refractivity (Wildman–Crippen MR) is 63.5 cm³/mol. The van der Waals surface area contributed by atoms with Gasteiger partial charge in [0.15, 0.2) is 11.6 Å². The molecule has 0 amide bonds.